The van der Waals surface area contributed by atoms with Crippen LogP contribution in [0.4, 0.5) is 0 Å². The van der Waals surface area contributed by atoms with E-state index in [1.807, 2.05) is 0 Å². The normalized spacial score (nSPS) is 19.2. The van der Waals surface area contributed by atoms with Gasteiger partial charge >= 0.3 is 0 Å². The molecule has 1 aromatic rings. The second-order valence-electron chi connectivity index (χ2n) is 6.90. The van der Waals surface area contributed by atoms with Gasteiger partial charge in [0.1, 0.15) is 5.75 Å². The number of halogens is 1. The van der Waals surface area contributed by atoms with Crippen LogP contribution >= 0.6 is 22.6 Å². The number of rotatable bonds is 7. The van der Waals surface area contributed by atoms with E-state index in [1.165, 1.54) is 41.2 Å². The Morgan fingerprint density at radius 3 is 2.73 bits per heavy atom. The van der Waals surface area contributed by atoms with Crippen molar-refractivity contribution in [1.29, 1.82) is 0 Å². The largest absolute Gasteiger partial charge is 0.464 e. The van der Waals surface area contributed by atoms with E-state index < -0.39 is 0 Å². The van der Waals surface area contributed by atoms with Gasteiger partial charge < -0.3 is 9.47 Å². The van der Waals surface area contributed by atoms with Crippen LogP contribution in [0.1, 0.15) is 71.3 Å². The van der Waals surface area contributed by atoms with Gasteiger partial charge in [-0.1, -0.05) is 46.1 Å². The number of hydrogen-bond donors (Lipinski definition) is 0. The highest BCUT2D eigenvalue weighted by atomic mass is 127. The minimum absolute atomic E-state index is 0.0642. The number of unbranched alkanes of at least 4 members (excludes halogenated alkanes) is 2. The first kappa shape index (κ1) is 18.1. The Bertz CT molecular complexity index is 465. The molecule has 0 bridgehead atoms. The summed E-state index contributed by atoms with van der Waals surface area (Å²) >= 11 is 2.39. The van der Waals surface area contributed by atoms with E-state index in [0.29, 0.717) is 0 Å². The first-order chi connectivity index (χ1) is 10.5. The zero-order valence-electron chi connectivity index (χ0n) is 14.2. The van der Waals surface area contributed by atoms with Gasteiger partial charge in [0.05, 0.1) is 10.2 Å². The van der Waals surface area contributed by atoms with Gasteiger partial charge in [-0.15, -0.1) is 0 Å². The van der Waals surface area contributed by atoms with Crippen molar-refractivity contribution < 1.29 is 9.47 Å². The molecule has 1 unspecified atom stereocenters. The SMILES string of the molecule is CCCCCC(C)(C)c1ccc(OC2CCCCO2)c(I)c1. The van der Waals surface area contributed by atoms with Crippen LogP contribution < -0.4 is 4.74 Å². The van der Waals surface area contributed by atoms with Crippen molar-refractivity contribution in [2.45, 2.75) is 77.4 Å². The lowest BCUT2D eigenvalue weighted by molar-refractivity contribution is -0.106. The van der Waals surface area contributed by atoms with Crippen molar-refractivity contribution in [2.75, 3.05) is 6.61 Å². The molecule has 0 saturated carbocycles. The zero-order valence-corrected chi connectivity index (χ0v) is 16.3. The van der Waals surface area contributed by atoms with Gasteiger partial charge in [0.25, 0.3) is 0 Å². The lowest BCUT2D eigenvalue weighted by Crippen LogP contribution is -2.25. The summed E-state index contributed by atoms with van der Waals surface area (Å²) in [6.07, 6.45) is 8.43. The summed E-state index contributed by atoms with van der Waals surface area (Å²) in [4.78, 5) is 0. The second-order valence-corrected chi connectivity index (χ2v) is 8.06. The molecule has 124 valence electrons. The van der Waals surface area contributed by atoms with E-state index in [2.05, 4.69) is 61.6 Å². The van der Waals surface area contributed by atoms with Crippen LogP contribution in [0.15, 0.2) is 18.2 Å². The van der Waals surface area contributed by atoms with Gasteiger partial charge in [0, 0.05) is 6.42 Å². The number of benzene rings is 1. The van der Waals surface area contributed by atoms with Crippen molar-refractivity contribution in [2.24, 2.45) is 0 Å². The first-order valence-electron chi connectivity index (χ1n) is 8.61. The van der Waals surface area contributed by atoms with Crippen LogP contribution in [-0.4, -0.2) is 12.9 Å². The molecule has 1 fully saturated rings. The Balaban J connectivity index is 2.01. The third-order valence-corrected chi connectivity index (χ3v) is 5.36. The lowest BCUT2D eigenvalue weighted by Gasteiger charge is -2.27. The minimum atomic E-state index is -0.0642. The molecule has 0 radical (unpaired) electrons. The van der Waals surface area contributed by atoms with Crippen LogP contribution in [0.2, 0.25) is 0 Å². The van der Waals surface area contributed by atoms with E-state index in [0.717, 1.165) is 25.2 Å². The van der Waals surface area contributed by atoms with E-state index in [4.69, 9.17) is 9.47 Å². The maximum absolute atomic E-state index is 6.02. The molecule has 3 heteroatoms. The molecule has 0 aliphatic carbocycles. The fourth-order valence-electron chi connectivity index (χ4n) is 2.92. The molecule has 0 amide bonds. The summed E-state index contributed by atoms with van der Waals surface area (Å²) in [7, 11) is 0. The van der Waals surface area contributed by atoms with Crippen molar-refractivity contribution in [3.8, 4) is 5.75 Å². The van der Waals surface area contributed by atoms with E-state index in [1.54, 1.807) is 0 Å². The molecule has 0 N–H and O–H groups in total. The minimum Gasteiger partial charge on any atom is -0.464 e. The summed E-state index contributed by atoms with van der Waals surface area (Å²) in [5, 5.41) is 0. The average Bonchev–Trinajstić information content (AvgIpc) is 2.50. The summed E-state index contributed by atoms with van der Waals surface area (Å²) < 4.78 is 12.9. The molecule has 1 atom stereocenters. The predicted molar refractivity (Wildman–Crippen MR) is 101 cm³/mol. The molecule has 0 spiro atoms. The highest BCUT2D eigenvalue weighted by molar-refractivity contribution is 14.1. The molecule has 1 saturated heterocycles. The van der Waals surface area contributed by atoms with Gasteiger partial charge in [-0.05, 0) is 65.0 Å². The quantitative estimate of drug-likeness (QED) is 0.398. The topological polar surface area (TPSA) is 18.5 Å². The van der Waals surface area contributed by atoms with Crippen molar-refractivity contribution in [1.82, 2.24) is 0 Å². The molecular weight excluding hydrogens is 387 g/mol. The van der Waals surface area contributed by atoms with Crippen molar-refractivity contribution in [3.63, 3.8) is 0 Å². The second kappa shape index (κ2) is 8.53. The van der Waals surface area contributed by atoms with Crippen LogP contribution in [0.3, 0.4) is 0 Å². The summed E-state index contributed by atoms with van der Waals surface area (Å²) in [5.74, 6) is 0.959. The van der Waals surface area contributed by atoms with Gasteiger partial charge in [-0.2, -0.15) is 0 Å². The maximum Gasteiger partial charge on any atom is 0.199 e. The monoisotopic (exact) mass is 416 g/mol. The van der Waals surface area contributed by atoms with Crippen LogP contribution in [-0.2, 0) is 10.2 Å². The van der Waals surface area contributed by atoms with E-state index in [-0.39, 0.29) is 11.7 Å². The fourth-order valence-corrected chi connectivity index (χ4v) is 3.57. The first-order valence-corrected chi connectivity index (χ1v) is 9.69. The molecule has 1 aromatic carbocycles. The highest BCUT2D eigenvalue weighted by Gasteiger charge is 2.22. The molecular formula is C19H29IO2. The van der Waals surface area contributed by atoms with Gasteiger partial charge in [-0.3, -0.25) is 0 Å². The molecule has 1 heterocycles. The lowest BCUT2D eigenvalue weighted by atomic mass is 9.80. The number of hydrogen-bond acceptors (Lipinski definition) is 2. The predicted octanol–water partition coefficient (Wildman–Crippen LogP) is 6.05. The maximum atomic E-state index is 6.02. The van der Waals surface area contributed by atoms with Crippen LogP contribution in [0.5, 0.6) is 5.75 Å². The third-order valence-electron chi connectivity index (χ3n) is 4.52. The summed E-state index contributed by atoms with van der Waals surface area (Å²) in [6.45, 7) is 7.77. The van der Waals surface area contributed by atoms with Crippen molar-refractivity contribution >= 4 is 22.6 Å². The highest BCUT2D eigenvalue weighted by Crippen LogP contribution is 2.34. The molecule has 2 nitrogen and oxygen atoms in total. The van der Waals surface area contributed by atoms with E-state index >= 15 is 0 Å². The van der Waals surface area contributed by atoms with Crippen molar-refractivity contribution in [3.05, 3.63) is 27.3 Å². The van der Waals surface area contributed by atoms with Crippen LogP contribution in [0.25, 0.3) is 0 Å². The van der Waals surface area contributed by atoms with Gasteiger partial charge in [0.2, 0.25) is 0 Å². The van der Waals surface area contributed by atoms with Crippen LogP contribution in [0, 0.1) is 3.57 Å². The summed E-state index contributed by atoms with van der Waals surface area (Å²) in [5.41, 5.74) is 1.64. The Kier molecular flexibility index (Phi) is 7.00. The molecule has 22 heavy (non-hydrogen) atoms. The third kappa shape index (κ3) is 5.12. The molecule has 1 aliphatic rings. The summed E-state index contributed by atoms with van der Waals surface area (Å²) in [6, 6.07) is 6.63. The van der Waals surface area contributed by atoms with Gasteiger partial charge in [-0.25, -0.2) is 0 Å². The Hall–Kier alpha value is -0.290. The van der Waals surface area contributed by atoms with E-state index in [9.17, 15) is 0 Å². The number of ether oxygens (including phenoxy) is 2. The van der Waals surface area contributed by atoms with Gasteiger partial charge in [0.15, 0.2) is 6.29 Å². The molecule has 0 aromatic heterocycles. The Morgan fingerprint density at radius 2 is 2.09 bits per heavy atom. The fraction of sp³-hybridized carbons (Fsp3) is 0.684. The standard InChI is InChI=1S/C19H29IO2/c1-4-5-7-12-19(2,3)15-10-11-17(16(20)14-15)22-18-9-6-8-13-21-18/h10-11,14,18H,4-9,12-13H2,1-3H3. The zero-order chi connectivity index (χ0) is 16.0. The Labute approximate surface area is 149 Å². The smallest absolute Gasteiger partial charge is 0.199 e. The molecule has 2 rings (SSSR count). The average molecular weight is 416 g/mol. The molecule has 1 aliphatic heterocycles. The Morgan fingerprint density at radius 1 is 1.27 bits per heavy atom.